The summed E-state index contributed by atoms with van der Waals surface area (Å²) in [6.45, 7) is 2.86. The van der Waals surface area contributed by atoms with E-state index in [1.165, 1.54) is 5.56 Å². The van der Waals surface area contributed by atoms with Crippen LogP contribution in [0.25, 0.3) is 0 Å². The highest BCUT2D eigenvalue weighted by atomic mass is 15.0. The second-order valence-electron chi connectivity index (χ2n) is 3.96. The highest BCUT2D eigenvalue weighted by Gasteiger charge is 2.03. The van der Waals surface area contributed by atoms with Crippen LogP contribution in [0.4, 0.5) is 5.95 Å². The van der Waals surface area contributed by atoms with Crippen LogP contribution in [0.1, 0.15) is 24.1 Å². The summed E-state index contributed by atoms with van der Waals surface area (Å²) in [6, 6.07) is 10.6. The molecular weight excluding hydrogens is 212 g/mol. The van der Waals surface area contributed by atoms with E-state index in [1.54, 1.807) is 12.4 Å². The van der Waals surface area contributed by atoms with Crippen molar-refractivity contribution in [1.82, 2.24) is 15.3 Å². The highest BCUT2D eigenvalue weighted by molar-refractivity contribution is 5.19. The van der Waals surface area contributed by atoms with Crippen LogP contribution in [0.15, 0.2) is 42.7 Å². The van der Waals surface area contributed by atoms with E-state index in [2.05, 4.69) is 34.3 Å². The molecule has 0 radical (unpaired) electrons. The number of hydrogen-bond donors (Lipinski definition) is 2. The third kappa shape index (κ3) is 3.26. The molecule has 0 aliphatic carbocycles. The minimum Gasteiger partial charge on any atom is -0.368 e. The zero-order valence-corrected chi connectivity index (χ0v) is 9.80. The predicted molar refractivity (Wildman–Crippen MR) is 68.1 cm³/mol. The van der Waals surface area contributed by atoms with Crippen LogP contribution in [-0.4, -0.2) is 9.97 Å². The lowest BCUT2D eigenvalue weighted by Gasteiger charge is -2.13. The Morgan fingerprint density at radius 3 is 2.47 bits per heavy atom. The zero-order valence-electron chi connectivity index (χ0n) is 9.80. The molecule has 0 spiro atoms. The number of nitrogens with two attached hydrogens (primary N) is 1. The molecular formula is C13H16N4. The third-order valence-electron chi connectivity index (χ3n) is 2.64. The van der Waals surface area contributed by atoms with Gasteiger partial charge in [0, 0.05) is 30.5 Å². The Morgan fingerprint density at radius 1 is 1.18 bits per heavy atom. The van der Waals surface area contributed by atoms with Crippen molar-refractivity contribution in [3.63, 3.8) is 0 Å². The summed E-state index contributed by atoms with van der Waals surface area (Å²) in [7, 11) is 0. The summed E-state index contributed by atoms with van der Waals surface area (Å²) in [6.07, 6.45) is 3.49. The number of anilines is 1. The molecule has 0 aliphatic heterocycles. The second-order valence-corrected chi connectivity index (χ2v) is 3.96. The molecule has 0 amide bonds. The van der Waals surface area contributed by atoms with E-state index in [-0.39, 0.29) is 0 Å². The molecule has 3 N–H and O–H groups in total. The maximum absolute atomic E-state index is 5.43. The topological polar surface area (TPSA) is 63.8 Å². The maximum atomic E-state index is 5.43. The second kappa shape index (κ2) is 5.41. The van der Waals surface area contributed by atoms with Gasteiger partial charge in [0.1, 0.15) is 0 Å². The summed E-state index contributed by atoms with van der Waals surface area (Å²) in [5.41, 5.74) is 7.73. The van der Waals surface area contributed by atoms with Gasteiger partial charge in [0.25, 0.3) is 0 Å². The summed E-state index contributed by atoms with van der Waals surface area (Å²) in [4.78, 5) is 7.91. The van der Waals surface area contributed by atoms with E-state index in [1.807, 2.05) is 18.2 Å². The summed E-state index contributed by atoms with van der Waals surface area (Å²) in [5, 5.41) is 3.41. The Kier molecular flexibility index (Phi) is 3.67. The molecule has 17 heavy (non-hydrogen) atoms. The lowest BCUT2D eigenvalue weighted by atomic mass is 10.1. The molecule has 0 bridgehead atoms. The van der Waals surface area contributed by atoms with Gasteiger partial charge in [0.15, 0.2) is 0 Å². The SMILES string of the molecule is C[C@H](NCc1cnc(N)nc1)c1ccccc1. The van der Waals surface area contributed by atoms with Crippen LogP contribution >= 0.6 is 0 Å². The molecule has 0 saturated carbocycles. The molecule has 88 valence electrons. The molecule has 1 heterocycles. The van der Waals surface area contributed by atoms with E-state index in [9.17, 15) is 0 Å². The van der Waals surface area contributed by atoms with Gasteiger partial charge in [-0.15, -0.1) is 0 Å². The Labute approximate surface area is 101 Å². The van der Waals surface area contributed by atoms with Crippen LogP contribution in [0.2, 0.25) is 0 Å². The zero-order chi connectivity index (χ0) is 12.1. The van der Waals surface area contributed by atoms with Crippen molar-refractivity contribution < 1.29 is 0 Å². The molecule has 0 fully saturated rings. The van der Waals surface area contributed by atoms with Crippen molar-refractivity contribution >= 4 is 5.95 Å². The van der Waals surface area contributed by atoms with Crippen molar-refractivity contribution in [2.45, 2.75) is 19.5 Å². The molecule has 1 atom stereocenters. The van der Waals surface area contributed by atoms with Gasteiger partial charge >= 0.3 is 0 Å². The Morgan fingerprint density at radius 2 is 1.82 bits per heavy atom. The van der Waals surface area contributed by atoms with Crippen LogP contribution in [-0.2, 0) is 6.54 Å². The average Bonchev–Trinajstić information content (AvgIpc) is 2.39. The molecule has 2 rings (SSSR count). The smallest absolute Gasteiger partial charge is 0.219 e. The van der Waals surface area contributed by atoms with Crippen LogP contribution in [0.5, 0.6) is 0 Å². The largest absolute Gasteiger partial charge is 0.368 e. The van der Waals surface area contributed by atoms with Crippen LogP contribution < -0.4 is 11.1 Å². The molecule has 0 unspecified atom stereocenters. The van der Waals surface area contributed by atoms with Gasteiger partial charge in [0.05, 0.1) is 0 Å². The number of nitrogens with one attached hydrogen (secondary N) is 1. The quantitative estimate of drug-likeness (QED) is 0.839. The van der Waals surface area contributed by atoms with E-state index in [0.717, 1.165) is 12.1 Å². The van der Waals surface area contributed by atoms with Crippen LogP contribution in [0, 0.1) is 0 Å². The fourth-order valence-electron chi connectivity index (χ4n) is 1.59. The summed E-state index contributed by atoms with van der Waals surface area (Å²) < 4.78 is 0. The molecule has 4 nitrogen and oxygen atoms in total. The van der Waals surface area contributed by atoms with E-state index >= 15 is 0 Å². The fraction of sp³-hybridized carbons (Fsp3) is 0.231. The maximum Gasteiger partial charge on any atom is 0.219 e. The molecule has 2 aromatic rings. The van der Waals surface area contributed by atoms with Gasteiger partial charge in [-0.3, -0.25) is 0 Å². The number of benzene rings is 1. The monoisotopic (exact) mass is 228 g/mol. The number of nitrogens with zero attached hydrogens (tertiary/aromatic N) is 2. The Bertz CT molecular complexity index is 453. The van der Waals surface area contributed by atoms with E-state index in [0.29, 0.717) is 12.0 Å². The van der Waals surface area contributed by atoms with Crippen molar-refractivity contribution in [3.8, 4) is 0 Å². The number of hydrogen-bond acceptors (Lipinski definition) is 4. The summed E-state index contributed by atoms with van der Waals surface area (Å²) >= 11 is 0. The first-order chi connectivity index (χ1) is 8.25. The van der Waals surface area contributed by atoms with Gasteiger partial charge in [-0.25, -0.2) is 9.97 Å². The average molecular weight is 228 g/mol. The lowest BCUT2D eigenvalue weighted by Crippen LogP contribution is -2.18. The van der Waals surface area contributed by atoms with Gasteiger partial charge in [0.2, 0.25) is 5.95 Å². The number of rotatable bonds is 4. The first-order valence-corrected chi connectivity index (χ1v) is 5.60. The third-order valence-corrected chi connectivity index (χ3v) is 2.64. The molecule has 4 heteroatoms. The normalized spacial score (nSPS) is 12.3. The Hall–Kier alpha value is -1.94. The molecule has 1 aromatic heterocycles. The predicted octanol–water partition coefficient (Wildman–Crippen LogP) is 1.91. The molecule has 1 aromatic carbocycles. The fourth-order valence-corrected chi connectivity index (χ4v) is 1.59. The highest BCUT2D eigenvalue weighted by Crippen LogP contribution is 2.11. The molecule has 0 aliphatic rings. The minimum absolute atomic E-state index is 0.300. The van der Waals surface area contributed by atoms with Gasteiger partial charge < -0.3 is 11.1 Å². The van der Waals surface area contributed by atoms with Crippen molar-refractivity contribution in [2.75, 3.05) is 5.73 Å². The Balaban J connectivity index is 1.92. The minimum atomic E-state index is 0.300. The first-order valence-electron chi connectivity index (χ1n) is 5.60. The van der Waals surface area contributed by atoms with Gasteiger partial charge in [-0.2, -0.15) is 0 Å². The van der Waals surface area contributed by atoms with Crippen LogP contribution in [0.3, 0.4) is 0 Å². The first kappa shape index (κ1) is 11.5. The van der Waals surface area contributed by atoms with Crippen molar-refractivity contribution in [2.24, 2.45) is 0 Å². The van der Waals surface area contributed by atoms with E-state index < -0.39 is 0 Å². The van der Waals surface area contributed by atoms with E-state index in [4.69, 9.17) is 5.73 Å². The van der Waals surface area contributed by atoms with Crippen molar-refractivity contribution in [1.29, 1.82) is 0 Å². The van der Waals surface area contributed by atoms with Gasteiger partial charge in [-0.1, -0.05) is 30.3 Å². The van der Waals surface area contributed by atoms with Gasteiger partial charge in [-0.05, 0) is 12.5 Å². The molecule has 0 saturated heterocycles. The van der Waals surface area contributed by atoms with Crippen molar-refractivity contribution in [3.05, 3.63) is 53.9 Å². The number of aromatic nitrogens is 2. The lowest BCUT2D eigenvalue weighted by molar-refractivity contribution is 0.573. The summed E-state index contributed by atoms with van der Waals surface area (Å²) in [5.74, 6) is 0.310. The standard InChI is InChI=1S/C13H16N4/c1-10(12-5-3-2-4-6-12)15-7-11-8-16-13(14)17-9-11/h2-6,8-10,15H,7H2,1H3,(H2,14,16,17)/t10-/m0/s1. The number of nitrogen functional groups attached to an aromatic ring is 1.